The van der Waals surface area contributed by atoms with Gasteiger partial charge < -0.3 is 9.88 Å². The molecule has 3 nitrogen and oxygen atoms in total. The minimum atomic E-state index is 0.408. The minimum absolute atomic E-state index is 0.408. The van der Waals surface area contributed by atoms with Gasteiger partial charge in [-0.15, -0.1) is 11.8 Å². The van der Waals surface area contributed by atoms with E-state index in [1.54, 1.807) is 0 Å². The van der Waals surface area contributed by atoms with Gasteiger partial charge in [0, 0.05) is 34.6 Å². The zero-order chi connectivity index (χ0) is 13.9. The molecule has 0 amide bonds. The highest BCUT2D eigenvalue weighted by molar-refractivity contribution is 7.98. The van der Waals surface area contributed by atoms with Crippen LogP contribution in [-0.2, 0) is 5.75 Å². The van der Waals surface area contributed by atoms with Gasteiger partial charge in [-0.1, -0.05) is 12.1 Å². The summed E-state index contributed by atoms with van der Waals surface area (Å²) in [5.74, 6) is 0.997. The molecule has 1 aromatic carbocycles. The summed E-state index contributed by atoms with van der Waals surface area (Å²) >= 11 is 1.88. The number of benzene rings is 1. The van der Waals surface area contributed by atoms with Gasteiger partial charge in [0.15, 0.2) is 0 Å². The van der Waals surface area contributed by atoms with Crippen LogP contribution in [0.4, 0.5) is 0 Å². The Kier molecular flexibility index (Phi) is 4.13. The van der Waals surface area contributed by atoms with Gasteiger partial charge in [0.25, 0.3) is 0 Å². The molecule has 0 aliphatic heterocycles. The van der Waals surface area contributed by atoms with Crippen LogP contribution in [0.15, 0.2) is 41.7 Å². The second-order valence-corrected chi connectivity index (χ2v) is 6.44. The van der Waals surface area contributed by atoms with Crippen molar-refractivity contribution < 1.29 is 0 Å². The van der Waals surface area contributed by atoms with Crippen molar-refractivity contribution in [3.8, 4) is 0 Å². The molecule has 1 unspecified atom stereocenters. The molecule has 0 spiro atoms. The normalized spacial score (nSPS) is 16.3. The van der Waals surface area contributed by atoms with Crippen LogP contribution in [0.1, 0.15) is 43.1 Å². The lowest BCUT2D eigenvalue weighted by Gasteiger charge is -2.11. The van der Waals surface area contributed by atoms with Gasteiger partial charge in [0.05, 0.1) is 6.33 Å². The van der Waals surface area contributed by atoms with Gasteiger partial charge >= 0.3 is 0 Å². The SMILES string of the molecule is CNC(C)c1ccc(SCc2cncn2C2CC2)cc1. The van der Waals surface area contributed by atoms with Gasteiger partial charge in [-0.25, -0.2) is 4.98 Å². The maximum atomic E-state index is 4.29. The van der Waals surface area contributed by atoms with Crippen molar-refractivity contribution in [3.05, 3.63) is 48.0 Å². The number of hydrogen-bond acceptors (Lipinski definition) is 3. The minimum Gasteiger partial charge on any atom is -0.331 e. The lowest BCUT2D eigenvalue weighted by Crippen LogP contribution is -2.11. The van der Waals surface area contributed by atoms with E-state index in [1.807, 2.05) is 31.3 Å². The van der Waals surface area contributed by atoms with E-state index in [4.69, 9.17) is 0 Å². The van der Waals surface area contributed by atoms with Crippen molar-refractivity contribution in [1.29, 1.82) is 0 Å². The molecular weight excluding hydrogens is 266 g/mol. The van der Waals surface area contributed by atoms with E-state index < -0.39 is 0 Å². The van der Waals surface area contributed by atoms with Crippen LogP contribution < -0.4 is 5.32 Å². The average molecular weight is 287 g/mol. The third-order valence-electron chi connectivity index (χ3n) is 3.89. The molecule has 106 valence electrons. The number of imidazole rings is 1. The predicted octanol–water partition coefficient (Wildman–Crippen LogP) is 3.79. The Morgan fingerprint density at radius 1 is 1.35 bits per heavy atom. The predicted molar refractivity (Wildman–Crippen MR) is 84.0 cm³/mol. The molecule has 1 saturated carbocycles. The Balaban J connectivity index is 1.61. The first kappa shape index (κ1) is 13.7. The van der Waals surface area contributed by atoms with Gasteiger partial charge in [-0.05, 0) is 44.5 Å². The van der Waals surface area contributed by atoms with Crippen molar-refractivity contribution in [1.82, 2.24) is 14.9 Å². The lowest BCUT2D eigenvalue weighted by atomic mass is 10.1. The third kappa shape index (κ3) is 3.07. The van der Waals surface area contributed by atoms with Gasteiger partial charge in [-0.3, -0.25) is 0 Å². The summed E-state index contributed by atoms with van der Waals surface area (Å²) in [4.78, 5) is 5.61. The Morgan fingerprint density at radius 2 is 2.10 bits per heavy atom. The van der Waals surface area contributed by atoms with E-state index in [1.165, 1.54) is 29.0 Å². The van der Waals surface area contributed by atoms with Crippen LogP contribution >= 0.6 is 11.8 Å². The summed E-state index contributed by atoms with van der Waals surface area (Å²) in [5.41, 5.74) is 2.67. The summed E-state index contributed by atoms with van der Waals surface area (Å²) in [6, 6.07) is 9.97. The molecule has 1 N–H and O–H groups in total. The molecule has 1 heterocycles. The van der Waals surface area contributed by atoms with E-state index in [9.17, 15) is 0 Å². The second kappa shape index (κ2) is 6.02. The zero-order valence-electron chi connectivity index (χ0n) is 12.0. The standard InChI is InChI=1S/C16H21N3S/c1-12(17-2)13-3-7-16(8-4-13)20-10-15-9-18-11-19(15)14-5-6-14/h3-4,7-9,11-12,14,17H,5-6,10H2,1-2H3. The Morgan fingerprint density at radius 3 is 2.75 bits per heavy atom. The fourth-order valence-corrected chi connectivity index (χ4v) is 3.17. The highest BCUT2D eigenvalue weighted by atomic mass is 32.2. The highest BCUT2D eigenvalue weighted by Gasteiger charge is 2.24. The molecule has 3 rings (SSSR count). The van der Waals surface area contributed by atoms with E-state index in [0.717, 1.165) is 5.75 Å². The molecule has 1 aliphatic rings. The van der Waals surface area contributed by atoms with E-state index >= 15 is 0 Å². The van der Waals surface area contributed by atoms with Crippen molar-refractivity contribution in [2.75, 3.05) is 7.05 Å². The van der Waals surface area contributed by atoms with Crippen LogP contribution in [0.2, 0.25) is 0 Å². The van der Waals surface area contributed by atoms with Crippen LogP contribution in [-0.4, -0.2) is 16.6 Å². The fraction of sp³-hybridized carbons (Fsp3) is 0.438. The van der Waals surface area contributed by atoms with Gasteiger partial charge in [0.1, 0.15) is 0 Å². The Hall–Kier alpha value is -1.26. The number of rotatable bonds is 6. The first-order valence-corrected chi connectivity index (χ1v) is 8.17. The Labute approximate surface area is 124 Å². The maximum absolute atomic E-state index is 4.29. The smallest absolute Gasteiger partial charge is 0.0951 e. The molecule has 1 fully saturated rings. The first-order chi connectivity index (χ1) is 9.78. The quantitative estimate of drug-likeness (QED) is 0.820. The highest BCUT2D eigenvalue weighted by Crippen LogP contribution is 2.36. The van der Waals surface area contributed by atoms with Crippen molar-refractivity contribution in [2.24, 2.45) is 0 Å². The molecule has 20 heavy (non-hydrogen) atoms. The average Bonchev–Trinajstić information content (AvgIpc) is 3.23. The Bertz CT molecular complexity index is 557. The van der Waals surface area contributed by atoms with Gasteiger partial charge in [-0.2, -0.15) is 0 Å². The molecule has 4 heteroatoms. The first-order valence-electron chi connectivity index (χ1n) is 7.18. The van der Waals surface area contributed by atoms with Crippen LogP contribution in [0.3, 0.4) is 0 Å². The summed E-state index contributed by atoms with van der Waals surface area (Å²) in [5, 5.41) is 3.26. The number of nitrogens with one attached hydrogen (secondary N) is 1. The summed E-state index contributed by atoms with van der Waals surface area (Å²) in [7, 11) is 1.99. The van der Waals surface area contributed by atoms with E-state index in [0.29, 0.717) is 12.1 Å². The number of hydrogen-bond donors (Lipinski definition) is 1. The molecule has 0 radical (unpaired) electrons. The number of thioether (sulfide) groups is 1. The molecule has 0 saturated heterocycles. The molecule has 1 aromatic heterocycles. The monoisotopic (exact) mass is 287 g/mol. The fourth-order valence-electron chi connectivity index (χ4n) is 2.30. The van der Waals surface area contributed by atoms with Crippen molar-refractivity contribution >= 4 is 11.8 Å². The maximum Gasteiger partial charge on any atom is 0.0951 e. The summed E-state index contributed by atoms with van der Waals surface area (Å²) in [6.45, 7) is 2.18. The second-order valence-electron chi connectivity index (χ2n) is 5.39. The molecule has 2 aromatic rings. The van der Waals surface area contributed by atoms with Crippen LogP contribution in [0.5, 0.6) is 0 Å². The molecule has 1 atom stereocenters. The lowest BCUT2D eigenvalue weighted by molar-refractivity contribution is 0.652. The van der Waals surface area contributed by atoms with Crippen molar-refractivity contribution in [3.63, 3.8) is 0 Å². The topological polar surface area (TPSA) is 29.9 Å². The molecule has 0 bridgehead atoms. The zero-order valence-corrected chi connectivity index (χ0v) is 12.9. The molecular formula is C16H21N3S. The van der Waals surface area contributed by atoms with Crippen LogP contribution in [0.25, 0.3) is 0 Å². The van der Waals surface area contributed by atoms with E-state index in [-0.39, 0.29) is 0 Å². The summed E-state index contributed by atoms with van der Waals surface area (Å²) in [6.07, 6.45) is 6.60. The van der Waals surface area contributed by atoms with Crippen LogP contribution in [0, 0.1) is 0 Å². The number of nitrogens with zero attached hydrogens (tertiary/aromatic N) is 2. The van der Waals surface area contributed by atoms with Gasteiger partial charge in [0.2, 0.25) is 0 Å². The van der Waals surface area contributed by atoms with E-state index in [2.05, 4.69) is 46.1 Å². The summed E-state index contributed by atoms with van der Waals surface area (Å²) < 4.78 is 2.34. The third-order valence-corrected chi connectivity index (χ3v) is 4.93. The van der Waals surface area contributed by atoms with Crippen molar-refractivity contribution in [2.45, 2.75) is 42.5 Å². The molecule has 1 aliphatic carbocycles. The largest absolute Gasteiger partial charge is 0.331 e. The number of aromatic nitrogens is 2.